The van der Waals surface area contributed by atoms with Gasteiger partial charge in [0.15, 0.2) is 11.7 Å². The Morgan fingerprint density at radius 3 is 3.08 bits per heavy atom. The van der Waals surface area contributed by atoms with Gasteiger partial charge in [0, 0.05) is 30.5 Å². The second-order valence-electron chi connectivity index (χ2n) is 5.29. The van der Waals surface area contributed by atoms with Crippen LogP contribution in [0.15, 0.2) is 35.3 Å². The van der Waals surface area contributed by atoms with Crippen molar-refractivity contribution in [2.75, 3.05) is 27.4 Å². The lowest BCUT2D eigenvalue weighted by Gasteiger charge is -2.04. The average Bonchev–Trinajstić information content (AvgIpc) is 3.17. The monoisotopic (exact) mass is 343 g/mol. The van der Waals surface area contributed by atoms with Crippen LogP contribution in [-0.2, 0) is 23.8 Å². The van der Waals surface area contributed by atoms with Crippen LogP contribution in [0.1, 0.15) is 5.56 Å². The predicted molar refractivity (Wildman–Crippen MR) is 89.8 cm³/mol. The van der Waals surface area contributed by atoms with Crippen LogP contribution in [0, 0.1) is 5.92 Å². The van der Waals surface area contributed by atoms with E-state index in [1.54, 1.807) is 24.5 Å². The summed E-state index contributed by atoms with van der Waals surface area (Å²) in [5, 5.41) is 0.839. The van der Waals surface area contributed by atoms with Crippen LogP contribution in [-0.4, -0.2) is 55.0 Å². The highest BCUT2D eigenvalue weighted by Crippen LogP contribution is 2.27. The van der Waals surface area contributed by atoms with Crippen molar-refractivity contribution >= 4 is 34.8 Å². The number of carbonyl (C=O) groups excluding carboxylic acids is 2. The zero-order chi connectivity index (χ0) is 17.8. The molecule has 2 aromatic heterocycles. The van der Waals surface area contributed by atoms with Crippen molar-refractivity contribution in [2.24, 2.45) is 10.9 Å². The number of rotatable bonds is 5. The summed E-state index contributed by atoms with van der Waals surface area (Å²) in [5.74, 6) is -2.31. The molecule has 3 heterocycles. The second kappa shape index (κ2) is 7.27. The van der Waals surface area contributed by atoms with Crippen molar-refractivity contribution < 1.29 is 23.8 Å². The fraction of sp³-hybridized carbons (Fsp3) is 0.294. The Labute approximate surface area is 143 Å². The number of nitrogens with zero attached hydrogens (tertiary/aromatic N) is 2. The van der Waals surface area contributed by atoms with Gasteiger partial charge in [-0.25, -0.2) is 4.98 Å². The van der Waals surface area contributed by atoms with Crippen molar-refractivity contribution in [3.05, 3.63) is 35.8 Å². The fourth-order valence-electron chi connectivity index (χ4n) is 2.51. The van der Waals surface area contributed by atoms with E-state index in [-0.39, 0.29) is 18.2 Å². The number of aromatic nitrogens is 2. The zero-order valence-electron chi connectivity index (χ0n) is 13.8. The average molecular weight is 343 g/mol. The van der Waals surface area contributed by atoms with Crippen LogP contribution >= 0.6 is 0 Å². The van der Waals surface area contributed by atoms with Crippen molar-refractivity contribution in [3.63, 3.8) is 0 Å². The molecule has 1 aliphatic rings. The van der Waals surface area contributed by atoms with E-state index in [0.717, 1.165) is 10.9 Å². The van der Waals surface area contributed by atoms with Crippen LogP contribution < -0.4 is 0 Å². The van der Waals surface area contributed by atoms with Gasteiger partial charge in [-0.15, -0.1) is 0 Å². The highest BCUT2D eigenvalue weighted by molar-refractivity contribution is 6.27. The Kier molecular flexibility index (Phi) is 4.90. The van der Waals surface area contributed by atoms with Gasteiger partial charge in [0.05, 0.1) is 20.3 Å². The number of pyridine rings is 1. The van der Waals surface area contributed by atoms with Gasteiger partial charge in [0.25, 0.3) is 0 Å². The molecule has 0 amide bonds. The molecule has 0 aliphatic carbocycles. The SMILES string of the molecule is COCCN=C1O/C(=C\c2c[nH]c3ncccc23)C(=O)C1C(=O)OC. The number of allylic oxidation sites excluding steroid dienone is 1. The number of hydrogen-bond donors (Lipinski definition) is 1. The van der Waals surface area contributed by atoms with Crippen molar-refractivity contribution in [3.8, 4) is 0 Å². The molecule has 0 saturated carbocycles. The minimum absolute atomic E-state index is 0.0260. The quantitative estimate of drug-likeness (QED) is 0.380. The maximum atomic E-state index is 12.6. The van der Waals surface area contributed by atoms with E-state index in [9.17, 15) is 9.59 Å². The highest BCUT2D eigenvalue weighted by Gasteiger charge is 2.44. The summed E-state index contributed by atoms with van der Waals surface area (Å²) in [6.07, 6.45) is 4.95. The third-order valence-electron chi connectivity index (χ3n) is 3.74. The molecule has 0 spiro atoms. The molecule has 1 unspecified atom stereocenters. The van der Waals surface area contributed by atoms with E-state index in [4.69, 9.17) is 14.2 Å². The molecule has 1 saturated heterocycles. The van der Waals surface area contributed by atoms with Gasteiger partial charge in [-0.3, -0.25) is 14.6 Å². The van der Waals surface area contributed by atoms with Crippen molar-refractivity contribution in [1.82, 2.24) is 9.97 Å². The van der Waals surface area contributed by atoms with Crippen LogP contribution in [0.4, 0.5) is 0 Å². The molecule has 130 valence electrons. The first-order valence-electron chi connectivity index (χ1n) is 7.62. The number of H-pyrrole nitrogens is 1. The number of ketones is 1. The summed E-state index contributed by atoms with van der Waals surface area (Å²) in [5.41, 5.74) is 1.42. The van der Waals surface area contributed by atoms with E-state index in [0.29, 0.717) is 12.3 Å². The Morgan fingerprint density at radius 1 is 1.48 bits per heavy atom. The molecule has 8 nitrogen and oxygen atoms in total. The summed E-state index contributed by atoms with van der Waals surface area (Å²) in [6.45, 7) is 0.624. The largest absolute Gasteiger partial charge is 0.468 e. The van der Waals surface area contributed by atoms with Gasteiger partial charge < -0.3 is 19.2 Å². The number of aliphatic imine (C=N–C) groups is 1. The Hall–Kier alpha value is -3.00. The summed E-state index contributed by atoms with van der Waals surface area (Å²) < 4.78 is 15.2. The van der Waals surface area contributed by atoms with Crippen LogP contribution in [0.2, 0.25) is 0 Å². The van der Waals surface area contributed by atoms with Gasteiger partial charge in [-0.2, -0.15) is 0 Å². The Morgan fingerprint density at radius 2 is 2.32 bits per heavy atom. The molecule has 1 fully saturated rings. The molecule has 1 aliphatic heterocycles. The first kappa shape index (κ1) is 16.8. The van der Waals surface area contributed by atoms with E-state index >= 15 is 0 Å². The zero-order valence-corrected chi connectivity index (χ0v) is 13.8. The normalized spacial score (nSPS) is 20.4. The smallest absolute Gasteiger partial charge is 0.326 e. The number of ether oxygens (including phenoxy) is 3. The van der Waals surface area contributed by atoms with Crippen LogP contribution in [0.3, 0.4) is 0 Å². The number of methoxy groups -OCH3 is 2. The van der Waals surface area contributed by atoms with E-state index in [1.807, 2.05) is 6.07 Å². The number of Topliss-reactive ketones (excluding diaryl/α,β-unsaturated/α-hetero) is 1. The van der Waals surface area contributed by atoms with Gasteiger partial charge in [-0.1, -0.05) is 0 Å². The lowest BCUT2D eigenvalue weighted by molar-refractivity contribution is -0.145. The maximum Gasteiger partial charge on any atom is 0.326 e. The number of nitrogens with one attached hydrogen (secondary N) is 1. The summed E-state index contributed by atoms with van der Waals surface area (Å²) in [7, 11) is 2.75. The number of aromatic amines is 1. The van der Waals surface area contributed by atoms with Gasteiger partial charge in [0.1, 0.15) is 5.65 Å². The van der Waals surface area contributed by atoms with E-state index < -0.39 is 17.7 Å². The molecule has 3 rings (SSSR count). The molecule has 1 atom stereocenters. The minimum Gasteiger partial charge on any atom is -0.468 e. The van der Waals surface area contributed by atoms with Crippen LogP contribution in [0.5, 0.6) is 0 Å². The number of esters is 1. The highest BCUT2D eigenvalue weighted by atomic mass is 16.5. The van der Waals surface area contributed by atoms with E-state index in [2.05, 4.69) is 15.0 Å². The molecule has 2 aromatic rings. The number of hydrogen-bond acceptors (Lipinski definition) is 7. The molecule has 0 bridgehead atoms. The molecule has 1 N–H and O–H groups in total. The first-order valence-corrected chi connectivity index (χ1v) is 7.62. The minimum atomic E-state index is -1.18. The van der Waals surface area contributed by atoms with Crippen molar-refractivity contribution in [2.45, 2.75) is 0 Å². The fourth-order valence-corrected chi connectivity index (χ4v) is 2.51. The molecule has 0 radical (unpaired) electrons. The lowest BCUT2D eigenvalue weighted by atomic mass is 10.0. The molecule has 0 aromatic carbocycles. The molecular formula is C17H17N3O5. The Bertz CT molecular complexity index is 868. The topological polar surface area (TPSA) is 103 Å². The van der Waals surface area contributed by atoms with Gasteiger partial charge >= 0.3 is 5.97 Å². The van der Waals surface area contributed by atoms with Crippen LogP contribution in [0.25, 0.3) is 17.1 Å². The second-order valence-corrected chi connectivity index (χ2v) is 5.29. The molecular weight excluding hydrogens is 326 g/mol. The standard InChI is InChI=1S/C17H17N3O5/c1-23-7-6-19-16-13(17(22)24-2)14(21)12(25-16)8-10-9-20-15-11(10)4-3-5-18-15/h3-5,8-9,13H,6-7H2,1-2H3,(H,18,20)/b12-8-,19-16?. The van der Waals surface area contributed by atoms with Gasteiger partial charge in [-0.05, 0) is 18.2 Å². The maximum absolute atomic E-state index is 12.6. The molecule has 8 heteroatoms. The third-order valence-corrected chi connectivity index (χ3v) is 3.74. The summed E-state index contributed by atoms with van der Waals surface area (Å²) in [4.78, 5) is 35.9. The van der Waals surface area contributed by atoms with Gasteiger partial charge in [0.2, 0.25) is 11.7 Å². The third kappa shape index (κ3) is 3.29. The van der Waals surface area contributed by atoms with Crippen molar-refractivity contribution in [1.29, 1.82) is 0 Å². The van der Waals surface area contributed by atoms with E-state index in [1.165, 1.54) is 14.2 Å². The summed E-state index contributed by atoms with van der Waals surface area (Å²) >= 11 is 0. The Balaban J connectivity index is 1.95. The first-order chi connectivity index (χ1) is 12.2. The lowest BCUT2D eigenvalue weighted by Crippen LogP contribution is -2.27. The predicted octanol–water partition coefficient (Wildman–Crippen LogP) is 1.34. The summed E-state index contributed by atoms with van der Waals surface area (Å²) in [6, 6.07) is 3.67. The molecule has 25 heavy (non-hydrogen) atoms. The number of carbonyl (C=O) groups is 2. The number of fused-ring (bicyclic) bond motifs is 1.